The van der Waals surface area contributed by atoms with E-state index in [-0.39, 0.29) is 5.91 Å². The summed E-state index contributed by atoms with van der Waals surface area (Å²) in [6, 6.07) is 14.2. The van der Waals surface area contributed by atoms with Crippen molar-refractivity contribution in [3.8, 4) is 0 Å². The zero-order chi connectivity index (χ0) is 15.4. The third kappa shape index (κ3) is 3.49. The predicted molar refractivity (Wildman–Crippen MR) is 90.2 cm³/mol. The van der Waals surface area contributed by atoms with Crippen LogP contribution in [0.4, 0.5) is 5.13 Å². The highest BCUT2D eigenvalue weighted by atomic mass is 32.1. The van der Waals surface area contributed by atoms with Crippen LogP contribution in [0, 0.1) is 0 Å². The number of rotatable bonds is 5. The van der Waals surface area contributed by atoms with Gasteiger partial charge in [0.15, 0.2) is 0 Å². The topological polar surface area (TPSA) is 54.9 Å². The number of hydrogen-bond donors (Lipinski definition) is 1. The van der Waals surface area contributed by atoms with Gasteiger partial charge in [0, 0.05) is 6.42 Å². The van der Waals surface area contributed by atoms with E-state index in [4.69, 9.17) is 0 Å². The second-order valence-corrected chi connectivity index (χ2v) is 6.22. The fourth-order valence-corrected chi connectivity index (χ4v) is 3.17. The SMILES string of the molecule is CCCc1nnc(NC(=O)Cc2ccc3ccccc3c2)s1. The normalized spacial score (nSPS) is 10.8. The Hall–Kier alpha value is -2.27. The fraction of sp³-hybridized carbons (Fsp3) is 0.235. The lowest BCUT2D eigenvalue weighted by Crippen LogP contribution is -2.14. The Bertz CT molecular complexity index is 797. The van der Waals surface area contributed by atoms with Gasteiger partial charge in [-0.25, -0.2) is 0 Å². The average Bonchev–Trinajstić information content (AvgIpc) is 2.94. The number of benzene rings is 2. The highest BCUT2D eigenvalue weighted by molar-refractivity contribution is 7.15. The quantitative estimate of drug-likeness (QED) is 0.779. The molecule has 22 heavy (non-hydrogen) atoms. The Morgan fingerprint density at radius 2 is 1.95 bits per heavy atom. The molecule has 0 bridgehead atoms. The lowest BCUT2D eigenvalue weighted by molar-refractivity contribution is -0.115. The van der Waals surface area contributed by atoms with Crippen molar-refractivity contribution in [2.45, 2.75) is 26.2 Å². The van der Waals surface area contributed by atoms with E-state index in [1.165, 1.54) is 16.7 Å². The summed E-state index contributed by atoms with van der Waals surface area (Å²) in [5, 5.41) is 14.8. The van der Waals surface area contributed by atoms with Gasteiger partial charge in [-0.1, -0.05) is 60.7 Å². The van der Waals surface area contributed by atoms with Crippen LogP contribution in [0.25, 0.3) is 10.8 Å². The van der Waals surface area contributed by atoms with Gasteiger partial charge >= 0.3 is 0 Å². The molecule has 2 aromatic carbocycles. The maximum atomic E-state index is 12.1. The number of nitrogens with one attached hydrogen (secondary N) is 1. The molecule has 3 rings (SSSR count). The molecule has 1 aromatic heterocycles. The Kier molecular flexibility index (Phi) is 4.44. The van der Waals surface area contributed by atoms with E-state index in [0.717, 1.165) is 28.8 Å². The molecule has 1 heterocycles. The molecule has 0 aliphatic heterocycles. The van der Waals surface area contributed by atoms with Gasteiger partial charge in [0.05, 0.1) is 6.42 Å². The van der Waals surface area contributed by atoms with Crippen LogP contribution in [0.5, 0.6) is 0 Å². The van der Waals surface area contributed by atoms with E-state index in [0.29, 0.717) is 11.6 Å². The molecule has 0 aliphatic rings. The molecule has 0 spiro atoms. The second-order valence-electron chi connectivity index (χ2n) is 5.16. The van der Waals surface area contributed by atoms with Crippen molar-refractivity contribution < 1.29 is 4.79 Å². The van der Waals surface area contributed by atoms with E-state index in [9.17, 15) is 4.79 Å². The molecule has 5 heteroatoms. The molecule has 0 aliphatic carbocycles. The van der Waals surface area contributed by atoms with Gasteiger partial charge < -0.3 is 5.32 Å². The number of anilines is 1. The number of carbonyl (C=O) groups excluding carboxylic acids is 1. The molecular formula is C17H17N3OS. The monoisotopic (exact) mass is 311 g/mol. The first-order chi connectivity index (χ1) is 10.7. The molecule has 0 saturated carbocycles. The van der Waals surface area contributed by atoms with Crippen molar-refractivity contribution in [2.24, 2.45) is 0 Å². The van der Waals surface area contributed by atoms with Crippen molar-refractivity contribution in [1.82, 2.24) is 10.2 Å². The summed E-state index contributed by atoms with van der Waals surface area (Å²) in [7, 11) is 0. The molecule has 1 N–H and O–H groups in total. The average molecular weight is 311 g/mol. The first kappa shape index (κ1) is 14.7. The van der Waals surface area contributed by atoms with Crippen molar-refractivity contribution in [1.29, 1.82) is 0 Å². The number of amides is 1. The van der Waals surface area contributed by atoms with Crippen LogP contribution in [-0.2, 0) is 17.6 Å². The lowest BCUT2D eigenvalue weighted by Gasteiger charge is -2.03. The molecule has 1 amide bonds. The van der Waals surface area contributed by atoms with Crippen LogP contribution in [-0.4, -0.2) is 16.1 Å². The summed E-state index contributed by atoms with van der Waals surface area (Å²) >= 11 is 1.44. The first-order valence-electron chi connectivity index (χ1n) is 7.34. The minimum absolute atomic E-state index is 0.0607. The maximum absolute atomic E-state index is 12.1. The summed E-state index contributed by atoms with van der Waals surface area (Å²) in [6.45, 7) is 2.10. The highest BCUT2D eigenvalue weighted by Gasteiger charge is 2.09. The summed E-state index contributed by atoms with van der Waals surface area (Å²) in [6.07, 6.45) is 2.27. The minimum Gasteiger partial charge on any atom is -0.300 e. The van der Waals surface area contributed by atoms with E-state index in [2.05, 4.69) is 40.6 Å². The summed E-state index contributed by atoms with van der Waals surface area (Å²) < 4.78 is 0. The number of hydrogen-bond acceptors (Lipinski definition) is 4. The lowest BCUT2D eigenvalue weighted by atomic mass is 10.1. The van der Waals surface area contributed by atoms with Crippen LogP contribution < -0.4 is 5.32 Å². The van der Waals surface area contributed by atoms with Crippen LogP contribution in [0.15, 0.2) is 42.5 Å². The molecule has 3 aromatic rings. The molecule has 0 atom stereocenters. The van der Waals surface area contributed by atoms with Gasteiger partial charge in [-0.3, -0.25) is 4.79 Å². The van der Waals surface area contributed by atoms with E-state index < -0.39 is 0 Å². The van der Waals surface area contributed by atoms with Crippen LogP contribution in [0.1, 0.15) is 23.9 Å². The largest absolute Gasteiger partial charge is 0.300 e. The maximum Gasteiger partial charge on any atom is 0.230 e. The fourth-order valence-electron chi connectivity index (χ4n) is 2.32. The Balaban J connectivity index is 1.66. The second kappa shape index (κ2) is 6.66. The Labute approximate surface area is 133 Å². The molecule has 0 saturated heterocycles. The summed E-state index contributed by atoms with van der Waals surface area (Å²) in [4.78, 5) is 12.1. The Morgan fingerprint density at radius 1 is 1.14 bits per heavy atom. The smallest absolute Gasteiger partial charge is 0.230 e. The number of nitrogens with zero attached hydrogens (tertiary/aromatic N) is 2. The third-order valence-corrected chi connectivity index (χ3v) is 4.25. The van der Waals surface area contributed by atoms with Crippen molar-refractivity contribution in [3.05, 3.63) is 53.0 Å². The number of aryl methyl sites for hydroxylation is 1. The van der Waals surface area contributed by atoms with Crippen molar-refractivity contribution in [3.63, 3.8) is 0 Å². The van der Waals surface area contributed by atoms with Crippen molar-refractivity contribution >= 4 is 33.1 Å². The third-order valence-electron chi connectivity index (χ3n) is 3.36. The van der Waals surface area contributed by atoms with Crippen molar-refractivity contribution in [2.75, 3.05) is 5.32 Å². The molecule has 0 radical (unpaired) electrons. The number of fused-ring (bicyclic) bond motifs is 1. The van der Waals surface area contributed by atoms with Gasteiger partial charge in [-0.05, 0) is 22.8 Å². The summed E-state index contributed by atoms with van der Waals surface area (Å²) in [5.41, 5.74) is 0.995. The van der Waals surface area contributed by atoms with Gasteiger partial charge in [0.2, 0.25) is 11.0 Å². The zero-order valence-corrected chi connectivity index (χ0v) is 13.2. The molecule has 112 valence electrons. The number of carbonyl (C=O) groups is 1. The molecule has 4 nitrogen and oxygen atoms in total. The molecule has 0 fully saturated rings. The summed E-state index contributed by atoms with van der Waals surface area (Å²) in [5.74, 6) is -0.0607. The molecular weight excluding hydrogens is 294 g/mol. The molecule has 0 unspecified atom stereocenters. The van der Waals surface area contributed by atoms with E-state index >= 15 is 0 Å². The minimum atomic E-state index is -0.0607. The Morgan fingerprint density at radius 3 is 2.77 bits per heavy atom. The zero-order valence-electron chi connectivity index (χ0n) is 12.4. The van der Waals surface area contributed by atoms with E-state index in [1.807, 2.05) is 24.3 Å². The predicted octanol–water partition coefficient (Wildman–Crippen LogP) is 3.83. The highest BCUT2D eigenvalue weighted by Crippen LogP contribution is 2.18. The van der Waals surface area contributed by atoms with Gasteiger partial charge in [-0.15, -0.1) is 10.2 Å². The van der Waals surface area contributed by atoms with Crippen LogP contribution in [0.2, 0.25) is 0 Å². The van der Waals surface area contributed by atoms with E-state index in [1.54, 1.807) is 0 Å². The van der Waals surface area contributed by atoms with Crippen LogP contribution >= 0.6 is 11.3 Å². The van der Waals surface area contributed by atoms with Gasteiger partial charge in [0.25, 0.3) is 0 Å². The van der Waals surface area contributed by atoms with Gasteiger partial charge in [-0.2, -0.15) is 0 Å². The first-order valence-corrected chi connectivity index (χ1v) is 8.16. The van der Waals surface area contributed by atoms with Crippen LogP contribution in [0.3, 0.4) is 0 Å². The number of aromatic nitrogens is 2. The standard InChI is InChI=1S/C17H17N3OS/c1-2-5-16-19-20-17(22-16)18-15(21)11-12-8-9-13-6-3-4-7-14(13)10-12/h3-4,6-10H,2,5,11H2,1H3,(H,18,20,21). The van der Waals surface area contributed by atoms with Gasteiger partial charge in [0.1, 0.15) is 5.01 Å².